The largest absolute Gasteiger partial charge is 0.492 e. The van der Waals surface area contributed by atoms with Gasteiger partial charge < -0.3 is 14.9 Å². The van der Waals surface area contributed by atoms with Crippen LogP contribution in [0.1, 0.15) is 5.69 Å². The molecule has 1 aromatic heterocycles. The lowest BCUT2D eigenvalue weighted by Crippen LogP contribution is -2.11. The zero-order valence-electron chi connectivity index (χ0n) is 7.41. The Morgan fingerprint density at radius 3 is 2.47 bits per heavy atom. The fraction of sp³-hybridized carbons (Fsp3) is 0.286. The number of alkyl halides is 3. The Bertz CT molecular complexity index is 392. The average molecular weight is 222 g/mol. The van der Waals surface area contributed by atoms with Crippen LogP contribution in [0.15, 0.2) is 12.1 Å². The summed E-state index contributed by atoms with van der Waals surface area (Å²) in [5.74, 6) is -1.42. The Balaban J connectivity index is 3.32. The molecule has 0 bridgehead atoms. The standard InChI is InChI=1S/C7H5F3N2O3/c1-15-4-2-3-5(12(13)14)11-6(4)7(8,9)10/h2-3H,1H3. The summed E-state index contributed by atoms with van der Waals surface area (Å²) in [5.41, 5.74) is -1.40. The second-order valence-electron chi connectivity index (χ2n) is 2.48. The van der Waals surface area contributed by atoms with Crippen molar-refractivity contribution in [2.24, 2.45) is 0 Å². The predicted octanol–water partition coefficient (Wildman–Crippen LogP) is 2.02. The first-order valence-electron chi connectivity index (χ1n) is 3.63. The first-order valence-corrected chi connectivity index (χ1v) is 3.63. The van der Waals surface area contributed by atoms with E-state index >= 15 is 0 Å². The monoisotopic (exact) mass is 222 g/mol. The van der Waals surface area contributed by atoms with Crippen LogP contribution in [-0.2, 0) is 6.18 Å². The van der Waals surface area contributed by atoms with E-state index in [4.69, 9.17) is 0 Å². The molecule has 0 N–H and O–H groups in total. The maximum absolute atomic E-state index is 12.3. The molecular formula is C7H5F3N2O3. The van der Waals surface area contributed by atoms with Crippen LogP contribution in [0.3, 0.4) is 0 Å². The van der Waals surface area contributed by atoms with Crippen LogP contribution in [0.5, 0.6) is 5.75 Å². The summed E-state index contributed by atoms with van der Waals surface area (Å²) in [4.78, 5) is 12.1. The lowest BCUT2D eigenvalue weighted by molar-refractivity contribution is -0.390. The van der Waals surface area contributed by atoms with Crippen LogP contribution in [0.4, 0.5) is 19.0 Å². The van der Waals surface area contributed by atoms with E-state index in [2.05, 4.69) is 9.72 Å². The molecule has 0 aliphatic carbocycles. The van der Waals surface area contributed by atoms with Gasteiger partial charge in [0.25, 0.3) is 5.69 Å². The lowest BCUT2D eigenvalue weighted by atomic mass is 10.3. The van der Waals surface area contributed by atoms with Crippen LogP contribution in [0.25, 0.3) is 0 Å². The minimum Gasteiger partial charge on any atom is -0.492 e. The lowest BCUT2D eigenvalue weighted by Gasteiger charge is -2.06. The molecule has 1 aromatic rings. The van der Waals surface area contributed by atoms with Crippen molar-refractivity contribution in [3.05, 3.63) is 27.9 Å². The van der Waals surface area contributed by atoms with Gasteiger partial charge >= 0.3 is 12.0 Å². The molecule has 8 heteroatoms. The number of ether oxygens (including phenoxy) is 1. The number of nitro groups is 1. The number of hydrogen-bond donors (Lipinski definition) is 0. The molecular weight excluding hydrogens is 217 g/mol. The SMILES string of the molecule is COc1ccc([N+](=O)[O-])nc1C(F)(F)F. The van der Waals surface area contributed by atoms with Crippen LogP contribution < -0.4 is 4.74 Å². The second-order valence-corrected chi connectivity index (χ2v) is 2.48. The van der Waals surface area contributed by atoms with Crippen molar-refractivity contribution in [3.63, 3.8) is 0 Å². The Morgan fingerprint density at radius 1 is 1.47 bits per heavy atom. The number of halogens is 3. The number of methoxy groups -OCH3 is 1. The van der Waals surface area contributed by atoms with Crippen LogP contribution in [-0.4, -0.2) is 17.0 Å². The summed E-state index contributed by atoms with van der Waals surface area (Å²) in [6.45, 7) is 0. The average Bonchev–Trinajstić information content (AvgIpc) is 2.15. The van der Waals surface area contributed by atoms with Crippen molar-refractivity contribution in [1.29, 1.82) is 0 Å². The van der Waals surface area contributed by atoms with Crippen molar-refractivity contribution >= 4 is 5.82 Å². The van der Waals surface area contributed by atoms with Gasteiger partial charge in [-0.1, -0.05) is 0 Å². The Kier molecular flexibility index (Phi) is 2.78. The minimum absolute atomic E-state index is 0.548. The molecule has 0 aliphatic heterocycles. The molecule has 0 aromatic carbocycles. The summed E-state index contributed by atoms with van der Waals surface area (Å²) in [5, 5.41) is 10.2. The third-order valence-electron chi connectivity index (χ3n) is 1.52. The summed E-state index contributed by atoms with van der Waals surface area (Å²) < 4.78 is 41.3. The van der Waals surface area contributed by atoms with Crippen LogP contribution in [0, 0.1) is 10.1 Å². The Morgan fingerprint density at radius 2 is 2.07 bits per heavy atom. The van der Waals surface area contributed by atoms with Gasteiger partial charge in [0.2, 0.25) is 0 Å². The normalized spacial score (nSPS) is 11.2. The van der Waals surface area contributed by atoms with E-state index in [1.54, 1.807) is 0 Å². The Labute approximate surface area is 81.6 Å². The predicted molar refractivity (Wildman–Crippen MR) is 42.4 cm³/mol. The number of pyridine rings is 1. The second kappa shape index (κ2) is 3.71. The highest BCUT2D eigenvalue weighted by atomic mass is 19.4. The molecule has 0 unspecified atom stereocenters. The fourth-order valence-electron chi connectivity index (χ4n) is 0.906. The summed E-state index contributed by atoms with van der Waals surface area (Å²) in [7, 11) is 1.03. The van der Waals surface area contributed by atoms with E-state index in [0.29, 0.717) is 0 Å². The van der Waals surface area contributed by atoms with Crippen LogP contribution in [0.2, 0.25) is 0 Å². The molecule has 0 aliphatic rings. The molecule has 1 rings (SSSR count). The molecule has 0 saturated carbocycles. The van der Waals surface area contributed by atoms with Gasteiger partial charge in [0, 0.05) is 6.07 Å². The molecule has 0 radical (unpaired) electrons. The highest BCUT2D eigenvalue weighted by molar-refractivity contribution is 5.35. The molecule has 82 valence electrons. The number of rotatable bonds is 2. The third kappa shape index (κ3) is 2.33. The third-order valence-corrected chi connectivity index (χ3v) is 1.52. The van der Waals surface area contributed by atoms with E-state index in [9.17, 15) is 23.3 Å². The number of aromatic nitrogens is 1. The molecule has 15 heavy (non-hydrogen) atoms. The molecule has 0 fully saturated rings. The van der Waals surface area contributed by atoms with Gasteiger partial charge in [0.1, 0.15) is 0 Å². The van der Waals surface area contributed by atoms with Gasteiger partial charge in [0.15, 0.2) is 5.75 Å². The summed E-state index contributed by atoms with van der Waals surface area (Å²) >= 11 is 0. The summed E-state index contributed by atoms with van der Waals surface area (Å²) in [6, 6.07) is 1.70. The first kappa shape index (κ1) is 11.2. The van der Waals surface area contributed by atoms with E-state index in [1.165, 1.54) is 0 Å². The van der Waals surface area contributed by atoms with Gasteiger partial charge in [-0.15, -0.1) is 0 Å². The molecule has 5 nitrogen and oxygen atoms in total. The summed E-state index contributed by atoms with van der Waals surface area (Å²) in [6.07, 6.45) is -4.78. The van der Waals surface area contributed by atoms with E-state index in [1.807, 2.05) is 0 Å². The topological polar surface area (TPSA) is 65.3 Å². The van der Waals surface area contributed by atoms with E-state index in [-0.39, 0.29) is 0 Å². The van der Waals surface area contributed by atoms with Crippen molar-refractivity contribution in [1.82, 2.24) is 4.98 Å². The van der Waals surface area contributed by atoms with Gasteiger partial charge in [-0.3, -0.25) is 0 Å². The minimum atomic E-state index is -4.78. The first-order chi connectivity index (χ1) is 6.86. The Hall–Kier alpha value is -1.86. The van der Waals surface area contributed by atoms with Crippen molar-refractivity contribution < 1.29 is 22.8 Å². The van der Waals surface area contributed by atoms with Gasteiger partial charge in [-0.2, -0.15) is 13.2 Å². The smallest absolute Gasteiger partial charge is 0.461 e. The highest BCUT2D eigenvalue weighted by Gasteiger charge is 2.42. The molecule has 0 spiro atoms. The maximum Gasteiger partial charge on any atom is 0.461 e. The zero-order valence-corrected chi connectivity index (χ0v) is 7.41. The van der Waals surface area contributed by atoms with Crippen molar-refractivity contribution in [2.45, 2.75) is 6.18 Å². The van der Waals surface area contributed by atoms with E-state index in [0.717, 1.165) is 19.2 Å². The highest BCUT2D eigenvalue weighted by Crippen LogP contribution is 2.35. The molecule has 0 amide bonds. The van der Waals surface area contributed by atoms with Crippen molar-refractivity contribution in [3.8, 4) is 5.75 Å². The fourth-order valence-corrected chi connectivity index (χ4v) is 0.906. The van der Waals surface area contributed by atoms with Gasteiger partial charge in [-0.05, 0) is 16.0 Å². The van der Waals surface area contributed by atoms with Crippen molar-refractivity contribution in [2.75, 3.05) is 7.11 Å². The number of nitrogens with zero attached hydrogens (tertiary/aromatic N) is 2. The van der Waals surface area contributed by atoms with Crippen LogP contribution >= 0.6 is 0 Å². The molecule has 0 atom stereocenters. The number of hydrogen-bond acceptors (Lipinski definition) is 4. The molecule has 1 heterocycles. The van der Waals surface area contributed by atoms with Gasteiger partial charge in [-0.25, -0.2) is 0 Å². The van der Waals surface area contributed by atoms with Gasteiger partial charge in [0.05, 0.1) is 7.11 Å². The molecule has 0 saturated heterocycles. The zero-order chi connectivity index (χ0) is 11.6. The quantitative estimate of drug-likeness (QED) is 0.567. The maximum atomic E-state index is 12.3. The van der Waals surface area contributed by atoms with E-state index < -0.39 is 28.4 Å².